The number of amides is 1. The van der Waals surface area contributed by atoms with Crippen molar-refractivity contribution in [2.45, 2.75) is 31.7 Å². The van der Waals surface area contributed by atoms with Gasteiger partial charge >= 0.3 is 6.09 Å². The molecule has 3 nitrogen and oxygen atoms in total. The van der Waals surface area contributed by atoms with Crippen molar-refractivity contribution in [1.29, 1.82) is 0 Å². The minimum absolute atomic E-state index is 0.202. The fourth-order valence-electron chi connectivity index (χ4n) is 1.80. The number of carbonyl (C=O) groups excluding carboxylic acids is 1. The number of piperidine rings is 1. The summed E-state index contributed by atoms with van der Waals surface area (Å²) in [5.41, 5.74) is 0. The van der Waals surface area contributed by atoms with Gasteiger partial charge in [-0.25, -0.2) is 4.79 Å². The first kappa shape index (κ1) is 10.1. The molecule has 1 aliphatic heterocycles. The Labute approximate surface area is 79.4 Å². The smallest absolute Gasteiger partial charge is 0.409 e. The van der Waals surface area contributed by atoms with Crippen LogP contribution in [0.2, 0.25) is 0 Å². The van der Waals surface area contributed by atoms with Crippen molar-refractivity contribution >= 4 is 6.09 Å². The zero-order valence-electron chi connectivity index (χ0n) is 8.16. The van der Waals surface area contributed by atoms with E-state index in [2.05, 4.69) is 6.58 Å². The summed E-state index contributed by atoms with van der Waals surface area (Å²) in [7, 11) is 1.43. The van der Waals surface area contributed by atoms with Gasteiger partial charge in [0.2, 0.25) is 0 Å². The van der Waals surface area contributed by atoms with Gasteiger partial charge < -0.3 is 9.64 Å². The van der Waals surface area contributed by atoms with Crippen LogP contribution in [0.15, 0.2) is 12.7 Å². The number of likely N-dealkylation sites (tertiary alicyclic amines) is 1. The van der Waals surface area contributed by atoms with Crippen molar-refractivity contribution in [3.05, 3.63) is 12.7 Å². The molecule has 0 saturated carbocycles. The molecule has 1 rings (SSSR count). The molecule has 0 N–H and O–H groups in total. The predicted octanol–water partition coefficient (Wildman–Crippen LogP) is 2.18. The highest BCUT2D eigenvalue weighted by Crippen LogP contribution is 2.20. The van der Waals surface area contributed by atoms with Crippen molar-refractivity contribution < 1.29 is 9.53 Å². The van der Waals surface area contributed by atoms with Crippen LogP contribution < -0.4 is 0 Å². The summed E-state index contributed by atoms with van der Waals surface area (Å²) in [6.45, 7) is 4.52. The van der Waals surface area contributed by atoms with E-state index < -0.39 is 0 Å². The monoisotopic (exact) mass is 183 g/mol. The fraction of sp³-hybridized carbons (Fsp3) is 0.700. The van der Waals surface area contributed by atoms with Gasteiger partial charge in [0.05, 0.1) is 7.11 Å². The molecule has 3 heteroatoms. The van der Waals surface area contributed by atoms with Crippen molar-refractivity contribution in [1.82, 2.24) is 4.90 Å². The van der Waals surface area contributed by atoms with Gasteiger partial charge in [0.15, 0.2) is 0 Å². The Morgan fingerprint density at radius 3 is 3.08 bits per heavy atom. The molecule has 0 spiro atoms. The first-order valence-corrected chi connectivity index (χ1v) is 4.75. The molecule has 1 heterocycles. The van der Waals surface area contributed by atoms with Crippen LogP contribution in [0.5, 0.6) is 0 Å². The zero-order valence-corrected chi connectivity index (χ0v) is 8.16. The van der Waals surface area contributed by atoms with Crippen LogP contribution >= 0.6 is 0 Å². The van der Waals surface area contributed by atoms with Crippen molar-refractivity contribution in [3.63, 3.8) is 0 Å². The maximum atomic E-state index is 11.3. The second kappa shape index (κ2) is 4.90. The van der Waals surface area contributed by atoms with Gasteiger partial charge in [-0.15, -0.1) is 6.58 Å². The SMILES string of the molecule is C=CCC1CCCCN1C(=O)OC. The molecule has 1 unspecified atom stereocenters. The fourth-order valence-corrected chi connectivity index (χ4v) is 1.80. The van der Waals surface area contributed by atoms with Crippen LogP contribution in [0.1, 0.15) is 25.7 Å². The summed E-state index contributed by atoms with van der Waals surface area (Å²) in [4.78, 5) is 13.1. The standard InChI is InChI=1S/C10H17NO2/c1-3-6-9-7-4-5-8-11(9)10(12)13-2/h3,9H,1,4-8H2,2H3. The van der Waals surface area contributed by atoms with Gasteiger partial charge in [0, 0.05) is 12.6 Å². The second-order valence-electron chi connectivity index (χ2n) is 3.34. The largest absolute Gasteiger partial charge is 0.453 e. The highest BCUT2D eigenvalue weighted by atomic mass is 16.5. The van der Waals surface area contributed by atoms with E-state index in [1.54, 1.807) is 0 Å². The van der Waals surface area contributed by atoms with Crippen LogP contribution in [-0.4, -0.2) is 30.7 Å². The van der Waals surface area contributed by atoms with E-state index in [0.717, 1.165) is 25.8 Å². The number of methoxy groups -OCH3 is 1. The molecule has 0 bridgehead atoms. The van der Waals surface area contributed by atoms with E-state index in [1.807, 2.05) is 11.0 Å². The van der Waals surface area contributed by atoms with Gasteiger partial charge in [0.1, 0.15) is 0 Å². The van der Waals surface area contributed by atoms with Gasteiger partial charge in [-0.2, -0.15) is 0 Å². The summed E-state index contributed by atoms with van der Waals surface area (Å²) in [5.74, 6) is 0. The Balaban J connectivity index is 2.55. The number of ether oxygens (including phenoxy) is 1. The van der Waals surface area contributed by atoms with Crippen LogP contribution in [0.4, 0.5) is 4.79 Å². The number of nitrogens with zero attached hydrogens (tertiary/aromatic N) is 1. The Morgan fingerprint density at radius 1 is 1.69 bits per heavy atom. The number of rotatable bonds is 2. The molecule has 1 atom stereocenters. The molecule has 1 fully saturated rings. The molecule has 1 saturated heterocycles. The topological polar surface area (TPSA) is 29.5 Å². The van der Waals surface area contributed by atoms with Crippen molar-refractivity contribution in [3.8, 4) is 0 Å². The second-order valence-corrected chi connectivity index (χ2v) is 3.34. The number of hydrogen-bond donors (Lipinski definition) is 0. The highest BCUT2D eigenvalue weighted by Gasteiger charge is 2.25. The lowest BCUT2D eigenvalue weighted by molar-refractivity contribution is 0.0903. The predicted molar refractivity (Wildman–Crippen MR) is 51.6 cm³/mol. The van der Waals surface area contributed by atoms with Crippen LogP contribution in [0.25, 0.3) is 0 Å². The number of hydrogen-bond acceptors (Lipinski definition) is 2. The zero-order chi connectivity index (χ0) is 9.68. The van der Waals surface area contributed by atoms with Gasteiger partial charge in [-0.3, -0.25) is 0 Å². The molecule has 13 heavy (non-hydrogen) atoms. The Hall–Kier alpha value is -0.990. The molecular formula is C10H17NO2. The Morgan fingerprint density at radius 2 is 2.46 bits per heavy atom. The van der Waals surface area contributed by atoms with Crippen LogP contribution in [0.3, 0.4) is 0 Å². The maximum absolute atomic E-state index is 11.3. The third kappa shape index (κ3) is 2.47. The molecule has 0 radical (unpaired) electrons. The average Bonchev–Trinajstić information content (AvgIpc) is 2.18. The van der Waals surface area contributed by atoms with E-state index >= 15 is 0 Å². The van der Waals surface area contributed by atoms with Gasteiger partial charge in [-0.05, 0) is 25.7 Å². The Bertz CT molecular complexity index is 191. The molecule has 0 aromatic rings. The summed E-state index contributed by atoms with van der Waals surface area (Å²) < 4.78 is 4.72. The molecule has 0 aliphatic carbocycles. The minimum Gasteiger partial charge on any atom is -0.453 e. The molecule has 1 amide bonds. The normalized spacial score (nSPS) is 22.5. The first-order valence-electron chi connectivity index (χ1n) is 4.75. The average molecular weight is 183 g/mol. The molecule has 0 aromatic heterocycles. The molecule has 74 valence electrons. The van der Waals surface area contributed by atoms with E-state index in [-0.39, 0.29) is 6.09 Å². The van der Waals surface area contributed by atoms with Crippen molar-refractivity contribution in [2.24, 2.45) is 0 Å². The van der Waals surface area contributed by atoms with Gasteiger partial charge in [0.25, 0.3) is 0 Å². The quantitative estimate of drug-likeness (QED) is 0.614. The lowest BCUT2D eigenvalue weighted by Gasteiger charge is -2.33. The van der Waals surface area contributed by atoms with Crippen molar-refractivity contribution in [2.75, 3.05) is 13.7 Å². The third-order valence-corrected chi connectivity index (χ3v) is 2.48. The van der Waals surface area contributed by atoms with E-state index in [9.17, 15) is 4.79 Å². The maximum Gasteiger partial charge on any atom is 0.409 e. The molecule has 1 aliphatic rings. The lowest BCUT2D eigenvalue weighted by atomic mass is 10.00. The van der Waals surface area contributed by atoms with E-state index in [1.165, 1.54) is 13.5 Å². The summed E-state index contributed by atoms with van der Waals surface area (Å²) >= 11 is 0. The van der Waals surface area contributed by atoms with E-state index in [4.69, 9.17) is 4.74 Å². The summed E-state index contributed by atoms with van der Waals surface area (Å²) in [6, 6.07) is 0.304. The summed E-state index contributed by atoms with van der Waals surface area (Å²) in [6.07, 6.45) is 5.89. The highest BCUT2D eigenvalue weighted by molar-refractivity contribution is 5.67. The van der Waals surface area contributed by atoms with Crippen LogP contribution in [-0.2, 0) is 4.74 Å². The minimum atomic E-state index is -0.202. The van der Waals surface area contributed by atoms with Crippen LogP contribution in [0, 0.1) is 0 Å². The molecule has 0 aromatic carbocycles. The Kier molecular flexibility index (Phi) is 3.80. The lowest BCUT2D eigenvalue weighted by Crippen LogP contribution is -2.43. The number of carbonyl (C=O) groups is 1. The third-order valence-electron chi connectivity index (χ3n) is 2.48. The summed E-state index contributed by atoms with van der Waals surface area (Å²) in [5, 5.41) is 0. The van der Waals surface area contributed by atoms with E-state index in [0.29, 0.717) is 6.04 Å². The van der Waals surface area contributed by atoms with Gasteiger partial charge in [-0.1, -0.05) is 6.08 Å². The first-order chi connectivity index (χ1) is 6.29. The molecular weight excluding hydrogens is 166 g/mol.